The van der Waals surface area contributed by atoms with Crippen molar-refractivity contribution in [2.24, 2.45) is 7.05 Å². The fourth-order valence-corrected chi connectivity index (χ4v) is 3.78. The normalized spacial score (nSPS) is 13.9. The van der Waals surface area contributed by atoms with Crippen LogP contribution in [0.3, 0.4) is 0 Å². The molecule has 1 aliphatic heterocycles. The number of hydrogen-bond acceptors (Lipinski definition) is 3. The third-order valence-electron chi connectivity index (χ3n) is 5.07. The van der Waals surface area contributed by atoms with Gasteiger partial charge in [-0.15, -0.1) is 0 Å². The van der Waals surface area contributed by atoms with E-state index in [1.807, 2.05) is 34.8 Å². The molecule has 3 heterocycles. The first-order valence-electron chi connectivity index (χ1n) is 9.13. The quantitative estimate of drug-likeness (QED) is 0.761. The van der Waals surface area contributed by atoms with Gasteiger partial charge < -0.3 is 9.88 Å². The van der Waals surface area contributed by atoms with Crippen LogP contribution in [0.1, 0.15) is 27.4 Å². The second-order valence-corrected chi connectivity index (χ2v) is 6.97. The van der Waals surface area contributed by atoms with Crippen molar-refractivity contribution in [1.29, 1.82) is 0 Å². The fourth-order valence-electron chi connectivity index (χ4n) is 3.78. The summed E-state index contributed by atoms with van der Waals surface area (Å²) >= 11 is 0. The largest absolute Gasteiger partial charge is 0.354 e. The molecule has 27 heavy (non-hydrogen) atoms. The van der Waals surface area contributed by atoms with Crippen LogP contribution in [0, 0.1) is 6.92 Å². The van der Waals surface area contributed by atoms with Gasteiger partial charge in [0.1, 0.15) is 5.69 Å². The van der Waals surface area contributed by atoms with E-state index in [1.54, 1.807) is 6.92 Å². The van der Waals surface area contributed by atoms with Crippen LogP contribution in [0.4, 0.5) is 0 Å². The predicted molar refractivity (Wildman–Crippen MR) is 104 cm³/mol. The molecule has 138 valence electrons. The molecule has 1 amide bonds. The molecule has 0 saturated heterocycles. The lowest BCUT2D eigenvalue weighted by molar-refractivity contribution is 0.0756. The third kappa shape index (κ3) is 3.30. The SMILES string of the molecule is Cc1cc(=O)cc(C(=O)N2CCc3c(-c4ccccc4)nn(C)c3CC2)[nH]1. The number of H-pyrrole nitrogens is 1. The lowest BCUT2D eigenvalue weighted by Crippen LogP contribution is -2.34. The molecular weight excluding hydrogens is 340 g/mol. The number of nitrogens with zero attached hydrogens (tertiary/aromatic N) is 3. The molecule has 3 aromatic rings. The van der Waals surface area contributed by atoms with Crippen LogP contribution in [-0.2, 0) is 19.9 Å². The molecule has 0 unspecified atom stereocenters. The van der Waals surface area contributed by atoms with Crippen LogP contribution in [0.2, 0.25) is 0 Å². The first-order valence-corrected chi connectivity index (χ1v) is 9.13. The van der Waals surface area contributed by atoms with E-state index >= 15 is 0 Å². The number of hydrogen-bond donors (Lipinski definition) is 1. The number of aryl methyl sites for hydroxylation is 2. The Morgan fingerprint density at radius 3 is 2.59 bits per heavy atom. The van der Waals surface area contributed by atoms with Crippen molar-refractivity contribution in [3.05, 3.63) is 75.3 Å². The first kappa shape index (κ1) is 17.3. The predicted octanol–water partition coefficient (Wildman–Crippen LogP) is 2.32. The molecule has 0 spiro atoms. The van der Waals surface area contributed by atoms with Gasteiger partial charge in [0.15, 0.2) is 5.43 Å². The van der Waals surface area contributed by atoms with Gasteiger partial charge in [-0.3, -0.25) is 14.3 Å². The van der Waals surface area contributed by atoms with Gasteiger partial charge in [-0.25, -0.2) is 0 Å². The molecule has 4 rings (SSSR count). The Labute approximate surface area is 157 Å². The Morgan fingerprint density at radius 2 is 1.85 bits per heavy atom. The number of aromatic nitrogens is 3. The highest BCUT2D eigenvalue weighted by Gasteiger charge is 2.25. The summed E-state index contributed by atoms with van der Waals surface area (Å²) in [6.07, 6.45) is 1.49. The zero-order valence-corrected chi connectivity index (χ0v) is 15.5. The van der Waals surface area contributed by atoms with Crippen molar-refractivity contribution < 1.29 is 4.79 Å². The summed E-state index contributed by atoms with van der Waals surface area (Å²) in [5.41, 5.74) is 5.36. The average Bonchev–Trinajstić information content (AvgIpc) is 2.83. The van der Waals surface area contributed by atoms with Gasteiger partial charge in [0.2, 0.25) is 0 Å². The van der Waals surface area contributed by atoms with Crippen molar-refractivity contribution in [3.63, 3.8) is 0 Å². The van der Waals surface area contributed by atoms with E-state index < -0.39 is 0 Å². The zero-order valence-electron chi connectivity index (χ0n) is 15.5. The molecule has 0 bridgehead atoms. The van der Waals surface area contributed by atoms with Crippen LogP contribution < -0.4 is 5.43 Å². The first-order chi connectivity index (χ1) is 13.0. The summed E-state index contributed by atoms with van der Waals surface area (Å²) in [5, 5.41) is 4.72. The van der Waals surface area contributed by atoms with Crippen LogP contribution in [0.15, 0.2) is 47.3 Å². The summed E-state index contributed by atoms with van der Waals surface area (Å²) in [6.45, 7) is 3.00. The maximum Gasteiger partial charge on any atom is 0.270 e. The van der Waals surface area contributed by atoms with Gasteiger partial charge >= 0.3 is 0 Å². The summed E-state index contributed by atoms with van der Waals surface area (Å²) in [6, 6.07) is 13.0. The Morgan fingerprint density at radius 1 is 1.11 bits per heavy atom. The molecule has 1 N–H and O–H groups in total. The highest BCUT2D eigenvalue weighted by Crippen LogP contribution is 2.28. The molecule has 6 heteroatoms. The number of rotatable bonds is 2. The Bertz CT molecular complexity index is 1050. The van der Waals surface area contributed by atoms with Gasteiger partial charge in [-0.2, -0.15) is 5.10 Å². The van der Waals surface area contributed by atoms with Gasteiger partial charge in [0.05, 0.1) is 5.69 Å². The highest BCUT2D eigenvalue weighted by molar-refractivity contribution is 5.92. The topological polar surface area (TPSA) is 71.0 Å². The van der Waals surface area contributed by atoms with Crippen molar-refractivity contribution >= 4 is 5.91 Å². The second kappa shape index (κ2) is 6.87. The maximum atomic E-state index is 12.9. The molecule has 2 aromatic heterocycles. The lowest BCUT2D eigenvalue weighted by Gasteiger charge is -2.20. The Balaban J connectivity index is 1.62. The van der Waals surface area contributed by atoms with E-state index in [1.165, 1.54) is 23.4 Å². The number of amides is 1. The minimum Gasteiger partial charge on any atom is -0.354 e. The molecule has 6 nitrogen and oxygen atoms in total. The van der Waals surface area contributed by atoms with Crippen molar-refractivity contribution in [2.75, 3.05) is 13.1 Å². The van der Waals surface area contributed by atoms with Crippen LogP contribution in [0.5, 0.6) is 0 Å². The Kier molecular flexibility index (Phi) is 4.39. The molecule has 0 atom stereocenters. The van der Waals surface area contributed by atoms with E-state index in [0.29, 0.717) is 24.5 Å². The molecule has 0 aliphatic carbocycles. The van der Waals surface area contributed by atoms with Gasteiger partial charge in [0, 0.05) is 61.2 Å². The van der Waals surface area contributed by atoms with E-state index in [0.717, 1.165) is 24.1 Å². The molecule has 1 aromatic carbocycles. The molecule has 0 fully saturated rings. The number of aromatic amines is 1. The van der Waals surface area contributed by atoms with Crippen LogP contribution >= 0.6 is 0 Å². The second-order valence-electron chi connectivity index (χ2n) is 6.97. The summed E-state index contributed by atoms with van der Waals surface area (Å²) < 4.78 is 1.93. The maximum absolute atomic E-state index is 12.9. The minimum atomic E-state index is -0.150. The summed E-state index contributed by atoms with van der Waals surface area (Å²) in [5.74, 6) is -0.127. The fraction of sp³-hybridized carbons (Fsp3) is 0.286. The lowest BCUT2D eigenvalue weighted by atomic mass is 10.0. The monoisotopic (exact) mass is 362 g/mol. The smallest absolute Gasteiger partial charge is 0.270 e. The molecule has 1 aliphatic rings. The standard InChI is InChI=1S/C21H22N4O2/c1-14-12-16(26)13-18(22-14)21(27)25-10-8-17-19(9-11-25)24(2)23-20(17)15-6-4-3-5-7-15/h3-7,12-13H,8-11H2,1-2H3,(H,22,26). The number of nitrogens with one attached hydrogen (secondary N) is 1. The minimum absolute atomic E-state index is 0.127. The highest BCUT2D eigenvalue weighted by atomic mass is 16.2. The van der Waals surface area contributed by atoms with Crippen molar-refractivity contribution in [3.8, 4) is 11.3 Å². The number of pyridine rings is 1. The van der Waals surface area contributed by atoms with Crippen molar-refractivity contribution in [2.45, 2.75) is 19.8 Å². The van der Waals surface area contributed by atoms with Gasteiger partial charge in [-0.1, -0.05) is 30.3 Å². The van der Waals surface area contributed by atoms with Gasteiger partial charge in [-0.05, 0) is 13.3 Å². The summed E-state index contributed by atoms with van der Waals surface area (Å²) in [4.78, 5) is 29.5. The molecule has 0 saturated carbocycles. The van der Waals surface area contributed by atoms with E-state index in [-0.39, 0.29) is 11.3 Å². The average molecular weight is 362 g/mol. The summed E-state index contributed by atoms with van der Waals surface area (Å²) in [7, 11) is 1.96. The van der Waals surface area contributed by atoms with E-state index in [2.05, 4.69) is 17.1 Å². The van der Waals surface area contributed by atoms with Crippen LogP contribution in [0.25, 0.3) is 11.3 Å². The van der Waals surface area contributed by atoms with Gasteiger partial charge in [0.25, 0.3) is 5.91 Å². The molecular formula is C21H22N4O2. The third-order valence-corrected chi connectivity index (χ3v) is 5.07. The van der Waals surface area contributed by atoms with Crippen molar-refractivity contribution in [1.82, 2.24) is 19.7 Å². The van der Waals surface area contributed by atoms with E-state index in [4.69, 9.17) is 5.10 Å². The number of carbonyl (C=O) groups excluding carboxylic acids is 1. The zero-order chi connectivity index (χ0) is 19.0. The molecule has 0 radical (unpaired) electrons. The number of carbonyl (C=O) groups is 1. The van der Waals surface area contributed by atoms with E-state index in [9.17, 15) is 9.59 Å². The Hall–Kier alpha value is -3.15. The van der Waals surface area contributed by atoms with Crippen LogP contribution in [-0.4, -0.2) is 38.7 Å². The number of fused-ring (bicyclic) bond motifs is 1. The number of benzene rings is 1.